The molecule has 8 heteroatoms. The summed E-state index contributed by atoms with van der Waals surface area (Å²) in [6, 6.07) is 24.7. The van der Waals surface area contributed by atoms with Crippen molar-refractivity contribution >= 4 is 17.3 Å². The number of piperazine rings is 1. The fourth-order valence-corrected chi connectivity index (χ4v) is 4.75. The lowest BCUT2D eigenvalue weighted by Crippen LogP contribution is -2.52. The van der Waals surface area contributed by atoms with Crippen molar-refractivity contribution < 1.29 is 24.1 Å². The zero-order chi connectivity index (χ0) is 27.6. The number of nitrogens with zero attached hydrogens (tertiary/aromatic N) is 1. The average molecular weight is 534 g/mol. The monoisotopic (exact) mass is 533 g/mol. The van der Waals surface area contributed by atoms with Crippen molar-refractivity contribution in [1.29, 1.82) is 0 Å². The first-order valence-electron chi connectivity index (χ1n) is 13.6. The van der Waals surface area contributed by atoms with Gasteiger partial charge in [-0.05, 0) is 62.7 Å². The molecule has 1 saturated heterocycles. The summed E-state index contributed by atoms with van der Waals surface area (Å²) in [5.74, 6) is 1.44. The maximum absolute atomic E-state index is 11.3. The van der Waals surface area contributed by atoms with Crippen molar-refractivity contribution in [3.8, 4) is 17.2 Å². The number of nitrogens with one attached hydrogen (secondary N) is 2. The highest BCUT2D eigenvalue weighted by Gasteiger charge is 2.23. The summed E-state index contributed by atoms with van der Waals surface area (Å²) in [4.78, 5) is 13.5. The van der Waals surface area contributed by atoms with Gasteiger partial charge in [-0.3, -0.25) is 0 Å². The van der Waals surface area contributed by atoms with E-state index in [0.29, 0.717) is 38.3 Å². The normalized spacial score (nSPS) is 18.5. The van der Waals surface area contributed by atoms with E-state index in [1.807, 2.05) is 72.8 Å². The molecule has 0 radical (unpaired) electrons. The van der Waals surface area contributed by atoms with Gasteiger partial charge in [0.2, 0.25) is 0 Å². The molecular formula is C31H39N3O5. The van der Waals surface area contributed by atoms with Gasteiger partial charge in [0.05, 0.1) is 17.9 Å². The Morgan fingerprint density at radius 2 is 1.56 bits per heavy atom. The number of carboxylic acid groups (broad SMARTS) is 1. The van der Waals surface area contributed by atoms with Crippen molar-refractivity contribution in [2.45, 2.75) is 45.4 Å². The van der Waals surface area contributed by atoms with Crippen molar-refractivity contribution in [2.75, 3.05) is 37.7 Å². The molecule has 2 aliphatic heterocycles. The minimum Gasteiger partial charge on any atom is -0.492 e. The molecule has 3 atom stereocenters. The van der Waals surface area contributed by atoms with Crippen molar-refractivity contribution in [1.82, 2.24) is 10.6 Å². The number of ether oxygens (including phenoxy) is 3. The van der Waals surface area contributed by atoms with Gasteiger partial charge >= 0.3 is 5.97 Å². The number of carbonyl (C=O) groups is 1. The Bertz CT molecular complexity index is 1150. The zero-order valence-corrected chi connectivity index (χ0v) is 22.9. The molecule has 208 valence electrons. The van der Waals surface area contributed by atoms with E-state index in [0.717, 1.165) is 47.3 Å². The number of hydrogen-bond donors (Lipinski definition) is 3. The number of aliphatic carboxylic acids is 1. The molecule has 2 heterocycles. The zero-order valence-electron chi connectivity index (χ0n) is 22.9. The van der Waals surface area contributed by atoms with Crippen LogP contribution < -0.4 is 25.0 Å². The first-order chi connectivity index (χ1) is 18.9. The van der Waals surface area contributed by atoms with Gasteiger partial charge in [-0.2, -0.15) is 0 Å². The SMILES string of the molecule is CC1CNCC(C)N1.CCOC(Cc1ccc(OCCN2c3ccccc3Oc3ccccc32)cc1)C(=O)O. The predicted molar refractivity (Wildman–Crippen MR) is 154 cm³/mol. The summed E-state index contributed by atoms with van der Waals surface area (Å²) in [7, 11) is 0. The van der Waals surface area contributed by atoms with Crippen molar-refractivity contribution in [2.24, 2.45) is 0 Å². The Morgan fingerprint density at radius 3 is 2.08 bits per heavy atom. The molecule has 3 N–H and O–H groups in total. The second kappa shape index (κ2) is 14.0. The highest BCUT2D eigenvalue weighted by molar-refractivity contribution is 5.77. The molecule has 3 aromatic carbocycles. The molecule has 8 nitrogen and oxygen atoms in total. The van der Waals surface area contributed by atoms with Crippen LogP contribution in [0.25, 0.3) is 0 Å². The minimum atomic E-state index is -0.951. The number of rotatable bonds is 9. The number of fused-ring (bicyclic) bond motifs is 2. The molecule has 3 aromatic rings. The predicted octanol–water partition coefficient (Wildman–Crippen LogP) is 5.00. The molecule has 0 aliphatic carbocycles. The van der Waals surface area contributed by atoms with Crippen LogP contribution in [0.2, 0.25) is 0 Å². The Labute approximate surface area is 230 Å². The standard InChI is InChI=1S/C25H25NO5.C6H14N2/c1-2-29-24(25(27)28)17-18-11-13-19(14-12-18)30-16-15-26-20-7-3-5-9-22(20)31-23-10-6-4-8-21(23)26;1-5-3-7-4-6(2)8-5/h3-14,24H,2,15-17H2,1H3,(H,27,28);5-8H,3-4H2,1-2H3. The summed E-state index contributed by atoms with van der Waals surface area (Å²) < 4.78 is 17.3. The molecule has 0 bridgehead atoms. The van der Waals surface area contributed by atoms with Crippen molar-refractivity contribution in [3.05, 3.63) is 78.4 Å². The van der Waals surface area contributed by atoms with Crippen LogP contribution in [0.15, 0.2) is 72.8 Å². The third-order valence-corrected chi connectivity index (χ3v) is 6.57. The van der Waals surface area contributed by atoms with Crippen LogP contribution in [0.3, 0.4) is 0 Å². The van der Waals surface area contributed by atoms with Gasteiger partial charge in [0.1, 0.15) is 12.4 Å². The van der Waals surface area contributed by atoms with E-state index in [2.05, 4.69) is 29.4 Å². The van der Waals surface area contributed by atoms with E-state index in [1.54, 1.807) is 6.92 Å². The van der Waals surface area contributed by atoms with E-state index in [1.165, 1.54) is 0 Å². The molecule has 5 rings (SSSR count). The number of hydrogen-bond acceptors (Lipinski definition) is 7. The fourth-order valence-electron chi connectivity index (χ4n) is 4.75. The number of para-hydroxylation sites is 4. The Balaban J connectivity index is 0.000000379. The smallest absolute Gasteiger partial charge is 0.333 e. The molecule has 3 unspecified atom stereocenters. The Kier molecular flexibility index (Phi) is 10.2. The van der Waals surface area contributed by atoms with E-state index < -0.39 is 12.1 Å². The lowest BCUT2D eigenvalue weighted by Gasteiger charge is -2.32. The van der Waals surface area contributed by atoms with Crippen LogP contribution in [-0.4, -0.2) is 62.1 Å². The Morgan fingerprint density at radius 1 is 0.974 bits per heavy atom. The molecule has 0 saturated carbocycles. The number of anilines is 2. The second-order valence-corrected chi connectivity index (χ2v) is 9.79. The number of carboxylic acids is 1. The molecule has 2 aliphatic rings. The van der Waals surface area contributed by atoms with E-state index in [-0.39, 0.29) is 0 Å². The maximum Gasteiger partial charge on any atom is 0.333 e. The Hall–Kier alpha value is -3.59. The third kappa shape index (κ3) is 7.95. The molecule has 1 fully saturated rings. The summed E-state index contributed by atoms with van der Waals surface area (Å²) in [5, 5.41) is 16.0. The molecule has 0 amide bonds. The summed E-state index contributed by atoms with van der Waals surface area (Å²) in [6.07, 6.45) is -0.511. The average Bonchev–Trinajstić information content (AvgIpc) is 2.93. The quantitative estimate of drug-likeness (QED) is 0.354. The van der Waals surface area contributed by atoms with Gasteiger partial charge < -0.3 is 34.9 Å². The lowest BCUT2D eigenvalue weighted by atomic mass is 10.1. The third-order valence-electron chi connectivity index (χ3n) is 6.57. The minimum absolute atomic E-state index is 0.324. The van der Waals surface area contributed by atoms with Gasteiger partial charge in [-0.1, -0.05) is 36.4 Å². The van der Waals surface area contributed by atoms with E-state index in [9.17, 15) is 9.90 Å². The molecular weight excluding hydrogens is 494 g/mol. The lowest BCUT2D eigenvalue weighted by molar-refractivity contribution is -0.149. The van der Waals surface area contributed by atoms with Crippen LogP contribution in [0.5, 0.6) is 17.2 Å². The van der Waals surface area contributed by atoms with Crippen LogP contribution in [0, 0.1) is 0 Å². The van der Waals surface area contributed by atoms with Gasteiger partial charge in [0.25, 0.3) is 0 Å². The first-order valence-corrected chi connectivity index (χ1v) is 13.6. The van der Waals surface area contributed by atoms with Gasteiger partial charge in [-0.25, -0.2) is 4.79 Å². The molecule has 0 aromatic heterocycles. The van der Waals surface area contributed by atoms with Crippen LogP contribution in [-0.2, 0) is 16.0 Å². The molecule has 0 spiro atoms. The maximum atomic E-state index is 11.3. The summed E-state index contributed by atoms with van der Waals surface area (Å²) >= 11 is 0. The summed E-state index contributed by atoms with van der Waals surface area (Å²) in [5.41, 5.74) is 2.91. The highest BCUT2D eigenvalue weighted by atomic mass is 16.5. The van der Waals surface area contributed by atoms with Crippen LogP contribution in [0.1, 0.15) is 26.3 Å². The van der Waals surface area contributed by atoms with E-state index >= 15 is 0 Å². The van der Waals surface area contributed by atoms with Gasteiger partial charge in [0, 0.05) is 38.2 Å². The first kappa shape index (κ1) is 28.4. The second-order valence-electron chi connectivity index (χ2n) is 9.79. The van der Waals surface area contributed by atoms with Crippen molar-refractivity contribution in [3.63, 3.8) is 0 Å². The number of benzene rings is 3. The summed E-state index contributed by atoms with van der Waals surface area (Å²) in [6.45, 7) is 9.92. The van der Waals surface area contributed by atoms with E-state index in [4.69, 9.17) is 14.2 Å². The highest BCUT2D eigenvalue weighted by Crippen LogP contribution is 2.45. The van der Waals surface area contributed by atoms with Gasteiger partial charge in [0.15, 0.2) is 17.6 Å². The van der Waals surface area contributed by atoms with Crippen LogP contribution >= 0.6 is 0 Å². The largest absolute Gasteiger partial charge is 0.492 e. The topological polar surface area (TPSA) is 92.3 Å². The fraction of sp³-hybridized carbons (Fsp3) is 0.387. The van der Waals surface area contributed by atoms with Crippen LogP contribution in [0.4, 0.5) is 11.4 Å². The van der Waals surface area contributed by atoms with Gasteiger partial charge in [-0.15, -0.1) is 0 Å². The molecule has 39 heavy (non-hydrogen) atoms.